The smallest absolute Gasteiger partial charge is 0.0109 e. The van der Waals surface area contributed by atoms with Gasteiger partial charge in [0.15, 0.2) is 0 Å². The first-order valence-electron chi connectivity index (χ1n) is 8.07. The van der Waals surface area contributed by atoms with E-state index in [1.807, 2.05) is 0 Å². The summed E-state index contributed by atoms with van der Waals surface area (Å²) in [5.74, 6) is 1.45. The lowest BCUT2D eigenvalue weighted by Crippen LogP contribution is -2.50. The molecule has 112 valence electrons. The van der Waals surface area contributed by atoms with Crippen LogP contribution < -0.4 is 5.73 Å². The fourth-order valence-electron chi connectivity index (χ4n) is 3.86. The Labute approximate surface area is 119 Å². The number of nitrogens with zero attached hydrogens (tertiary/aromatic N) is 2. The molecule has 1 aliphatic carbocycles. The molecule has 0 radical (unpaired) electrons. The Bertz CT molecular complexity index is 290. The first-order chi connectivity index (χ1) is 8.91. The highest BCUT2D eigenvalue weighted by atomic mass is 15.2. The minimum Gasteiger partial charge on any atom is -0.327 e. The van der Waals surface area contributed by atoms with E-state index in [1.165, 1.54) is 52.0 Å². The van der Waals surface area contributed by atoms with Crippen LogP contribution >= 0.6 is 0 Å². The second kappa shape index (κ2) is 6.11. The Morgan fingerprint density at radius 2 is 1.84 bits per heavy atom. The van der Waals surface area contributed by atoms with Crippen molar-refractivity contribution in [3.05, 3.63) is 0 Å². The molecule has 19 heavy (non-hydrogen) atoms. The second-order valence-corrected chi connectivity index (χ2v) is 7.51. The summed E-state index contributed by atoms with van der Waals surface area (Å²) in [5.41, 5.74) is 6.66. The van der Waals surface area contributed by atoms with Crippen LogP contribution in [0, 0.1) is 17.3 Å². The molecule has 1 aliphatic heterocycles. The van der Waals surface area contributed by atoms with E-state index >= 15 is 0 Å². The Morgan fingerprint density at radius 3 is 2.58 bits per heavy atom. The van der Waals surface area contributed by atoms with Crippen molar-refractivity contribution in [1.29, 1.82) is 0 Å². The van der Waals surface area contributed by atoms with Crippen LogP contribution in [-0.4, -0.2) is 55.6 Å². The zero-order valence-corrected chi connectivity index (χ0v) is 13.4. The van der Waals surface area contributed by atoms with Crippen molar-refractivity contribution < 1.29 is 0 Å². The Morgan fingerprint density at radius 1 is 1.11 bits per heavy atom. The highest BCUT2D eigenvalue weighted by molar-refractivity contribution is 4.94. The minimum atomic E-state index is 0.385. The predicted octanol–water partition coefficient (Wildman–Crippen LogP) is 2.02. The topological polar surface area (TPSA) is 32.5 Å². The lowest BCUT2D eigenvalue weighted by atomic mass is 9.61. The van der Waals surface area contributed by atoms with E-state index in [0.717, 1.165) is 5.92 Å². The van der Waals surface area contributed by atoms with Crippen molar-refractivity contribution in [1.82, 2.24) is 9.80 Å². The second-order valence-electron chi connectivity index (χ2n) is 7.51. The average molecular weight is 267 g/mol. The largest absolute Gasteiger partial charge is 0.327 e. The maximum Gasteiger partial charge on any atom is 0.0109 e. The summed E-state index contributed by atoms with van der Waals surface area (Å²) in [6.45, 7) is 13.5. The van der Waals surface area contributed by atoms with Crippen LogP contribution in [0.15, 0.2) is 0 Å². The monoisotopic (exact) mass is 267 g/mol. The molecule has 3 atom stereocenters. The molecular formula is C16H33N3. The summed E-state index contributed by atoms with van der Waals surface area (Å²) < 4.78 is 0. The number of hydrogen-bond donors (Lipinski definition) is 1. The maximum atomic E-state index is 6.27. The van der Waals surface area contributed by atoms with Crippen molar-refractivity contribution in [2.75, 3.05) is 39.8 Å². The van der Waals surface area contributed by atoms with Crippen molar-refractivity contribution in [3.63, 3.8) is 0 Å². The number of likely N-dealkylation sites (N-methyl/N-ethyl adjacent to an activating group) is 1. The van der Waals surface area contributed by atoms with Crippen molar-refractivity contribution in [2.45, 2.75) is 46.1 Å². The van der Waals surface area contributed by atoms with Gasteiger partial charge >= 0.3 is 0 Å². The van der Waals surface area contributed by atoms with E-state index in [-0.39, 0.29) is 0 Å². The molecule has 0 aromatic rings. The molecule has 2 rings (SSSR count). The summed E-state index contributed by atoms with van der Waals surface area (Å²) in [6, 6.07) is 0.404. The number of rotatable bonds is 2. The summed E-state index contributed by atoms with van der Waals surface area (Å²) in [7, 11) is 2.25. The van der Waals surface area contributed by atoms with E-state index in [2.05, 4.69) is 37.6 Å². The molecule has 3 heteroatoms. The zero-order chi connectivity index (χ0) is 14.0. The molecule has 0 bridgehead atoms. The van der Waals surface area contributed by atoms with Crippen molar-refractivity contribution in [2.24, 2.45) is 23.0 Å². The third-order valence-corrected chi connectivity index (χ3v) is 6.01. The van der Waals surface area contributed by atoms with Gasteiger partial charge < -0.3 is 15.5 Å². The molecule has 2 aliphatic rings. The highest BCUT2D eigenvalue weighted by Gasteiger charge is 2.41. The quantitative estimate of drug-likeness (QED) is 0.831. The molecule has 3 unspecified atom stereocenters. The number of nitrogens with two attached hydrogens (primary N) is 1. The molecule has 2 fully saturated rings. The standard InChI is InChI=1S/C16H33N3/c1-13-15(17)7-6-14(16(13,2)3)12-19-9-5-8-18(4)10-11-19/h13-15H,5-12,17H2,1-4H3. The number of hydrogen-bond acceptors (Lipinski definition) is 3. The lowest BCUT2D eigenvalue weighted by molar-refractivity contribution is 0.0295. The Hall–Kier alpha value is -0.120. The Kier molecular flexibility index (Phi) is 4.91. The molecule has 1 saturated carbocycles. The van der Waals surface area contributed by atoms with E-state index in [4.69, 9.17) is 5.73 Å². The van der Waals surface area contributed by atoms with Crippen molar-refractivity contribution >= 4 is 0 Å². The van der Waals surface area contributed by atoms with Gasteiger partial charge in [-0.3, -0.25) is 0 Å². The first kappa shape index (κ1) is 15.3. The molecule has 0 aromatic heterocycles. The van der Waals surface area contributed by atoms with Crippen LogP contribution in [0.1, 0.15) is 40.0 Å². The van der Waals surface area contributed by atoms with Gasteiger partial charge in [-0.05, 0) is 56.7 Å². The molecular weight excluding hydrogens is 234 g/mol. The third-order valence-electron chi connectivity index (χ3n) is 6.01. The molecule has 0 amide bonds. The van der Waals surface area contributed by atoms with Crippen LogP contribution in [0.3, 0.4) is 0 Å². The van der Waals surface area contributed by atoms with Gasteiger partial charge in [0.1, 0.15) is 0 Å². The molecule has 1 saturated heterocycles. The summed E-state index contributed by atoms with van der Waals surface area (Å²) in [4.78, 5) is 5.16. The van der Waals surface area contributed by atoms with Crippen molar-refractivity contribution in [3.8, 4) is 0 Å². The zero-order valence-electron chi connectivity index (χ0n) is 13.4. The van der Waals surface area contributed by atoms with Gasteiger partial charge in [-0.15, -0.1) is 0 Å². The summed E-state index contributed by atoms with van der Waals surface area (Å²) >= 11 is 0. The van der Waals surface area contributed by atoms with E-state index in [1.54, 1.807) is 0 Å². The van der Waals surface area contributed by atoms with E-state index < -0.39 is 0 Å². The normalized spacial score (nSPS) is 38.1. The van der Waals surface area contributed by atoms with Crippen LogP contribution in [0.5, 0.6) is 0 Å². The molecule has 0 aromatic carbocycles. The van der Waals surface area contributed by atoms with Gasteiger partial charge in [0.25, 0.3) is 0 Å². The average Bonchev–Trinajstić information content (AvgIpc) is 2.56. The van der Waals surface area contributed by atoms with Gasteiger partial charge in [-0.1, -0.05) is 20.8 Å². The van der Waals surface area contributed by atoms with Gasteiger partial charge in [-0.25, -0.2) is 0 Å². The SMILES string of the molecule is CC1C(N)CCC(CN2CCCN(C)CC2)C1(C)C. The van der Waals surface area contributed by atoms with Gasteiger partial charge in [0.05, 0.1) is 0 Å². The highest BCUT2D eigenvalue weighted by Crippen LogP contribution is 2.44. The lowest BCUT2D eigenvalue weighted by Gasteiger charge is -2.48. The molecule has 0 spiro atoms. The first-order valence-corrected chi connectivity index (χ1v) is 8.07. The van der Waals surface area contributed by atoms with Gasteiger partial charge in [0.2, 0.25) is 0 Å². The predicted molar refractivity (Wildman–Crippen MR) is 82.2 cm³/mol. The van der Waals surface area contributed by atoms with Gasteiger partial charge in [0, 0.05) is 25.7 Å². The summed E-state index contributed by atoms with van der Waals surface area (Å²) in [6.07, 6.45) is 3.84. The van der Waals surface area contributed by atoms with E-state index in [9.17, 15) is 0 Å². The maximum absolute atomic E-state index is 6.27. The van der Waals surface area contributed by atoms with Crippen LogP contribution in [0.4, 0.5) is 0 Å². The third kappa shape index (κ3) is 3.50. The fraction of sp³-hybridized carbons (Fsp3) is 1.00. The molecule has 1 heterocycles. The summed E-state index contributed by atoms with van der Waals surface area (Å²) in [5, 5.41) is 0. The molecule has 2 N–H and O–H groups in total. The molecule has 3 nitrogen and oxygen atoms in total. The van der Waals surface area contributed by atoms with Crippen LogP contribution in [0.25, 0.3) is 0 Å². The fourth-order valence-corrected chi connectivity index (χ4v) is 3.86. The van der Waals surface area contributed by atoms with Gasteiger partial charge in [-0.2, -0.15) is 0 Å². The van der Waals surface area contributed by atoms with E-state index in [0.29, 0.717) is 17.4 Å². The van der Waals surface area contributed by atoms with Crippen LogP contribution in [0.2, 0.25) is 0 Å². The minimum absolute atomic E-state index is 0.385. The Balaban J connectivity index is 1.94. The van der Waals surface area contributed by atoms with Crippen LogP contribution in [-0.2, 0) is 0 Å².